The van der Waals surface area contributed by atoms with E-state index in [1.807, 2.05) is 13.8 Å². The molecule has 1 saturated carbocycles. The highest BCUT2D eigenvalue weighted by atomic mass is 32.2. The quantitative estimate of drug-likeness (QED) is 0.834. The van der Waals surface area contributed by atoms with Crippen LogP contribution >= 0.6 is 0 Å². The van der Waals surface area contributed by atoms with Gasteiger partial charge in [0.15, 0.2) is 5.03 Å². The molecule has 2 N–H and O–H groups in total. The lowest BCUT2D eigenvalue weighted by molar-refractivity contribution is -0.0908. The number of ether oxygens (including phenoxy) is 1. The Bertz CT molecular complexity index is 569. The molecule has 2 rings (SSSR count). The number of pyridine rings is 1. The Morgan fingerprint density at radius 3 is 2.65 bits per heavy atom. The first-order valence-corrected chi connectivity index (χ1v) is 7.90. The topological polar surface area (TPSA) is 88.5 Å². The maximum absolute atomic E-state index is 12.2. The SMILES string of the molecule is COC1CC(NS(=O)(=O)c2ccc(CO)cn2)C1(C)C. The van der Waals surface area contributed by atoms with Crippen LogP contribution in [0, 0.1) is 5.41 Å². The van der Waals surface area contributed by atoms with Crippen molar-refractivity contribution in [3.8, 4) is 0 Å². The third-order valence-corrected chi connectivity index (χ3v) is 5.40. The standard InChI is InChI=1S/C13H20N2O4S/c1-13(2)10(6-11(13)19-3)15-20(17,18)12-5-4-9(8-16)7-14-12/h4-5,7,10-11,15-16H,6,8H2,1-3H3. The monoisotopic (exact) mass is 300 g/mol. The van der Waals surface area contributed by atoms with E-state index < -0.39 is 10.0 Å². The van der Waals surface area contributed by atoms with Crippen LogP contribution in [-0.4, -0.2) is 37.8 Å². The number of aromatic nitrogens is 1. The van der Waals surface area contributed by atoms with E-state index in [9.17, 15) is 8.42 Å². The molecule has 0 bridgehead atoms. The van der Waals surface area contributed by atoms with E-state index in [0.29, 0.717) is 12.0 Å². The van der Waals surface area contributed by atoms with Crippen LogP contribution in [0.3, 0.4) is 0 Å². The number of hydrogen-bond donors (Lipinski definition) is 2. The average molecular weight is 300 g/mol. The molecule has 1 aliphatic carbocycles. The summed E-state index contributed by atoms with van der Waals surface area (Å²) in [4.78, 5) is 3.88. The van der Waals surface area contributed by atoms with Gasteiger partial charge < -0.3 is 9.84 Å². The molecule has 0 aliphatic heterocycles. The molecule has 1 fully saturated rings. The summed E-state index contributed by atoms with van der Waals surface area (Å²) in [5.41, 5.74) is 0.333. The Labute approximate surface area is 119 Å². The summed E-state index contributed by atoms with van der Waals surface area (Å²) in [5.74, 6) is 0. The number of nitrogens with one attached hydrogen (secondary N) is 1. The van der Waals surface area contributed by atoms with Crippen LogP contribution in [0.1, 0.15) is 25.8 Å². The predicted octanol–water partition coefficient (Wildman–Crippen LogP) is 0.666. The molecule has 1 heterocycles. The van der Waals surface area contributed by atoms with E-state index in [4.69, 9.17) is 9.84 Å². The normalized spacial score (nSPS) is 25.2. The highest BCUT2D eigenvalue weighted by molar-refractivity contribution is 7.89. The van der Waals surface area contributed by atoms with Gasteiger partial charge in [0.1, 0.15) is 0 Å². The van der Waals surface area contributed by atoms with Gasteiger partial charge in [0, 0.05) is 24.8 Å². The van der Waals surface area contributed by atoms with Crippen molar-refractivity contribution in [2.24, 2.45) is 5.41 Å². The Morgan fingerprint density at radius 1 is 1.50 bits per heavy atom. The zero-order valence-electron chi connectivity index (χ0n) is 11.8. The van der Waals surface area contributed by atoms with Gasteiger partial charge in [-0.15, -0.1) is 0 Å². The minimum Gasteiger partial charge on any atom is -0.392 e. The highest BCUT2D eigenvalue weighted by Gasteiger charge is 2.50. The number of nitrogens with zero attached hydrogens (tertiary/aromatic N) is 1. The molecule has 20 heavy (non-hydrogen) atoms. The van der Waals surface area contributed by atoms with Crippen molar-refractivity contribution in [2.45, 2.75) is 44.0 Å². The molecule has 1 aromatic rings. The Balaban J connectivity index is 2.12. The Hall–Kier alpha value is -1.02. The molecule has 112 valence electrons. The molecule has 1 aromatic heterocycles. The maximum atomic E-state index is 12.2. The van der Waals surface area contributed by atoms with Crippen molar-refractivity contribution in [1.82, 2.24) is 9.71 Å². The van der Waals surface area contributed by atoms with Crippen LogP contribution in [0.25, 0.3) is 0 Å². The number of aliphatic hydroxyl groups is 1. The van der Waals surface area contributed by atoms with E-state index >= 15 is 0 Å². The van der Waals surface area contributed by atoms with Gasteiger partial charge in [-0.25, -0.2) is 18.1 Å². The molecule has 2 unspecified atom stereocenters. The minimum absolute atomic E-state index is 0.0358. The molecule has 7 heteroatoms. The predicted molar refractivity (Wildman–Crippen MR) is 73.5 cm³/mol. The van der Waals surface area contributed by atoms with Crippen molar-refractivity contribution in [2.75, 3.05) is 7.11 Å². The maximum Gasteiger partial charge on any atom is 0.258 e. The first-order chi connectivity index (χ1) is 9.31. The Morgan fingerprint density at radius 2 is 2.20 bits per heavy atom. The van der Waals surface area contributed by atoms with Crippen LogP contribution < -0.4 is 4.72 Å². The van der Waals surface area contributed by atoms with Crippen LogP contribution in [0.5, 0.6) is 0 Å². The summed E-state index contributed by atoms with van der Waals surface area (Å²) in [6, 6.07) is 2.77. The number of aliphatic hydroxyl groups excluding tert-OH is 1. The lowest BCUT2D eigenvalue weighted by Gasteiger charge is -2.50. The van der Waals surface area contributed by atoms with Gasteiger partial charge in [-0.3, -0.25) is 0 Å². The van der Waals surface area contributed by atoms with Gasteiger partial charge in [0.25, 0.3) is 10.0 Å². The van der Waals surface area contributed by atoms with Gasteiger partial charge in [-0.2, -0.15) is 0 Å². The molecule has 1 aliphatic rings. The van der Waals surface area contributed by atoms with Crippen molar-refractivity contribution in [1.29, 1.82) is 0 Å². The van der Waals surface area contributed by atoms with Gasteiger partial charge in [-0.1, -0.05) is 19.9 Å². The fourth-order valence-electron chi connectivity index (χ4n) is 2.40. The van der Waals surface area contributed by atoms with Crippen molar-refractivity contribution < 1.29 is 18.3 Å². The fraction of sp³-hybridized carbons (Fsp3) is 0.615. The average Bonchev–Trinajstić information content (AvgIpc) is 2.43. The van der Waals surface area contributed by atoms with E-state index in [1.165, 1.54) is 12.3 Å². The third-order valence-electron chi connectivity index (χ3n) is 4.02. The lowest BCUT2D eigenvalue weighted by Crippen LogP contribution is -2.61. The van der Waals surface area contributed by atoms with Gasteiger partial charge in [0.2, 0.25) is 0 Å². The van der Waals surface area contributed by atoms with E-state index in [2.05, 4.69) is 9.71 Å². The molecule has 0 radical (unpaired) electrons. The van der Waals surface area contributed by atoms with Crippen LogP contribution in [0.2, 0.25) is 0 Å². The number of hydrogen-bond acceptors (Lipinski definition) is 5. The zero-order chi connectivity index (χ0) is 15.0. The number of rotatable bonds is 5. The van der Waals surface area contributed by atoms with E-state index in [1.54, 1.807) is 13.2 Å². The highest BCUT2D eigenvalue weighted by Crippen LogP contribution is 2.42. The Kier molecular flexibility index (Phi) is 4.15. The first-order valence-electron chi connectivity index (χ1n) is 6.42. The van der Waals surface area contributed by atoms with Crippen molar-refractivity contribution >= 4 is 10.0 Å². The molecule has 2 atom stereocenters. The van der Waals surface area contributed by atoms with Crippen LogP contribution in [-0.2, 0) is 21.4 Å². The van der Waals surface area contributed by atoms with Crippen molar-refractivity contribution in [3.63, 3.8) is 0 Å². The summed E-state index contributed by atoms with van der Waals surface area (Å²) in [6.07, 6.45) is 2.07. The van der Waals surface area contributed by atoms with E-state index in [-0.39, 0.29) is 29.2 Å². The molecular weight excluding hydrogens is 280 g/mol. The first kappa shape index (κ1) is 15.4. The zero-order valence-corrected chi connectivity index (χ0v) is 12.6. The summed E-state index contributed by atoms with van der Waals surface area (Å²) in [5, 5.41) is 8.89. The fourth-order valence-corrected chi connectivity index (χ4v) is 3.73. The molecule has 0 amide bonds. The summed E-state index contributed by atoms with van der Waals surface area (Å²) in [7, 11) is -2.02. The lowest BCUT2D eigenvalue weighted by atomic mass is 9.65. The van der Waals surface area contributed by atoms with Gasteiger partial charge in [0.05, 0.1) is 12.7 Å². The van der Waals surface area contributed by atoms with Crippen LogP contribution in [0.15, 0.2) is 23.4 Å². The second-order valence-electron chi connectivity index (χ2n) is 5.62. The van der Waals surface area contributed by atoms with Gasteiger partial charge >= 0.3 is 0 Å². The van der Waals surface area contributed by atoms with Crippen LogP contribution in [0.4, 0.5) is 0 Å². The minimum atomic E-state index is -3.65. The van der Waals surface area contributed by atoms with Gasteiger partial charge in [-0.05, 0) is 18.1 Å². The number of sulfonamides is 1. The molecule has 6 nitrogen and oxygen atoms in total. The molecule has 0 saturated heterocycles. The summed E-state index contributed by atoms with van der Waals surface area (Å²) >= 11 is 0. The number of methoxy groups -OCH3 is 1. The molecule has 0 aromatic carbocycles. The second-order valence-corrected chi connectivity index (χ2v) is 7.28. The smallest absolute Gasteiger partial charge is 0.258 e. The third kappa shape index (κ3) is 2.71. The van der Waals surface area contributed by atoms with E-state index in [0.717, 1.165) is 0 Å². The summed E-state index contributed by atoms with van der Waals surface area (Å²) in [6.45, 7) is 3.78. The second kappa shape index (κ2) is 5.40. The summed E-state index contributed by atoms with van der Waals surface area (Å²) < 4.78 is 32.5. The van der Waals surface area contributed by atoms with Crippen molar-refractivity contribution in [3.05, 3.63) is 23.9 Å². The largest absolute Gasteiger partial charge is 0.392 e. The molecular formula is C13H20N2O4S. The molecule has 0 spiro atoms.